The minimum absolute atomic E-state index is 0.0925. The van der Waals surface area contributed by atoms with Gasteiger partial charge in [-0.05, 0) is 11.5 Å². The Hall–Kier alpha value is -1.37. The van der Waals surface area contributed by atoms with Gasteiger partial charge in [-0.3, -0.25) is 4.79 Å². The molecule has 1 aromatic rings. The van der Waals surface area contributed by atoms with Gasteiger partial charge in [0.05, 0.1) is 0 Å². The van der Waals surface area contributed by atoms with Gasteiger partial charge < -0.3 is 0 Å². The third-order valence-electron chi connectivity index (χ3n) is 3.01. The molecule has 1 aliphatic carbocycles. The highest BCUT2D eigenvalue weighted by Crippen LogP contribution is 2.25. The molecule has 72 valence electrons. The first-order valence-corrected chi connectivity index (χ1v) is 5.01. The second kappa shape index (κ2) is 3.41. The Morgan fingerprint density at radius 3 is 2.64 bits per heavy atom. The molecule has 0 N–H and O–H groups in total. The van der Waals surface area contributed by atoms with Gasteiger partial charge in [0.1, 0.15) is 0 Å². The standard InChI is InChI=1S/C13H14O/c1-9-7-8-11-5-3-4-6-12(11)13(14)10(9)2/h3-10H,1-2H3. The molecule has 2 rings (SSSR count). The Morgan fingerprint density at radius 1 is 1.14 bits per heavy atom. The highest BCUT2D eigenvalue weighted by Gasteiger charge is 2.23. The number of ketones is 1. The van der Waals surface area contributed by atoms with Crippen molar-refractivity contribution >= 4 is 11.9 Å². The van der Waals surface area contributed by atoms with E-state index in [9.17, 15) is 4.79 Å². The molecule has 0 aliphatic heterocycles. The summed E-state index contributed by atoms with van der Waals surface area (Å²) in [5, 5.41) is 0. The van der Waals surface area contributed by atoms with Crippen LogP contribution in [0, 0.1) is 11.8 Å². The number of Topliss-reactive ketones (excluding diaryl/α,β-unsaturated/α-hetero) is 1. The lowest BCUT2D eigenvalue weighted by atomic mass is 9.90. The maximum atomic E-state index is 12.0. The van der Waals surface area contributed by atoms with Crippen molar-refractivity contribution in [2.75, 3.05) is 0 Å². The minimum Gasteiger partial charge on any atom is -0.294 e. The highest BCUT2D eigenvalue weighted by molar-refractivity contribution is 6.01. The van der Waals surface area contributed by atoms with Gasteiger partial charge in [0.2, 0.25) is 0 Å². The predicted octanol–water partition coefficient (Wildman–Crippen LogP) is 3.17. The largest absolute Gasteiger partial charge is 0.294 e. The molecule has 1 aliphatic rings. The van der Waals surface area contributed by atoms with Gasteiger partial charge in [-0.15, -0.1) is 0 Å². The van der Waals surface area contributed by atoms with Gasteiger partial charge in [-0.2, -0.15) is 0 Å². The van der Waals surface area contributed by atoms with Crippen molar-refractivity contribution in [1.82, 2.24) is 0 Å². The third-order valence-corrected chi connectivity index (χ3v) is 3.01. The summed E-state index contributed by atoms with van der Waals surface area (Å²) in [5.41, 5.74) is 1.91. The fourth-order valence-electron chi connectivity index (χ4n) is 1.77. The summed E-state index contributed by atoms with van der Waals surface area (Å²) >= 11 is 0. The molecule has 14 heavy (non-hydrogen) atoms. The molecule has 0 aromatic heterocycles. The van der Waals surface area contributed by atoms with Crippen LogP contribution in [-0.4, -0.2) is 5.78 Å². The summed E-state index contributed by atoms with van der Waals surface area (Å²) in [5.74, 6) is 0.683. The Bertz CT molecular complexity index is 390. The summed E-state index contributed by atoms with van der Waals surface area (Å²) in [6.45, 7) is 4.09. The van der Waals surface area contributed by atoms with E-state index in [1.165, 1.54) is 0 Å². The minimum atomic E-state index is 0.0925. The Labute approximate surface area is 84.5 Å². The monoisotopic (exact) mass is 186 g/mol. The van der Waals surface area contributed by atoms with Crippen LogP contribution in [0.2, 0.25) is 0 Å². The molecule has 2 atom stereocenters. The van der Waals surface area contributed by atoms with E-state index in [1.807, 2.05) is 31.2 Å². The second-order valence-corrected chi connectivity index (χ2v) is 3.96. The first-order valence-electron chi connectivity index (χ1n) is 5.01. The average molecular weight is 186 g/mol. The van der Waals surface area contributed by atoms with Crippen LogP contribution in [0.1, 0.15) is 29.8 Å². The number of hydrogen-bond acceptors (Lipinski definition) is 1. The molecule has 0 amide bonds. The zero-order chi connectivity index (χ0) is 10.1. The zero-order valence-corrected chi connectivity index (χ0v) is 8.53. The molecular weight excluding hydrogens is 172 g/mol. The molecule has 0 fully saturated rings. The Morgan fingerprint density at radius 2 is 1.86 bits per heavy atom. The molecule has 0 spiro atoms. The van der Waals surface area contributed by atoms with Crippen LogP contribution in [0.4, 0.5) is 0 Å². The molecule has 0 radical (unpaired) electrons. The van der Waals surface area contributed by atoms with Crippen LogP contribution < -0.4 is 0 Å². The van der Waals surface area contributed by atoms with Gasteiger partial charge in [0.25, 0.3) is 0 Å². The van der Waals surface area contributed by atoms with E-state index in [2.05, 4.69) is 19.1 Å². The number of benzene rings is 1. The fraction of sp³-hybridized carbons (Fsp3) is 0.308. The molecule has 1 heteroatoms. The van der Waals surface area contributed by atoms with Crippen molar-refractivity contribution in [3.63, 3.8) is 0 Å². The molecule has 1 aromatic carbocycles. The molecule has 0 saturated heterocycles. The fourth-order valence-corrected chi connectivity index (χ4v) is 1.77. The van der Waals surface area contributed by atoms with Crippen LogP contribution in [0.15, 0.2) is 30.3 Å². The van der Waals surface area contributed by atoms with E-state index in [0.717, 1.165) is 11.1 Å². The van der Waals surface area contributed by atoms with E-state index in [-0.39, 0.29) is 11.7 Å². The van der Waals surface area contributed by atoms with Crippen LogP contribution in [-0.2, 0) is 0 Å². The number of rotatable bonds is 0. The SMILES string of the molecule is CC1C=Cc2ccccc2C(=O)C1C. The van der Waals surface area contributed by atoms with Crippen LogP contribution in [0.3, 0.4) is 0 Å². The van der Waals surface area contributed by atoms with Crippen molar-refractivity contribution in [2.24, 2.45) is 11.8 Å². The number of fused-ring (bicyclic) bond motifs is 1. The summed E-state index contributed by atoms with van der Waals surface area (Å²) in [6, 6.07) is 7.80. The molecule has 2 unspecified atom stereocenters. The van der Waals surface area contributed by atoms with Crippen molar-refractivity contribution in [2.45, 2.75) is 13.8 Å². The summed E-state index contributed by atoms with van der Waals surface area (Å²) in [7, 11) is 0. The van der Waals surface area contributed by atoms with Gasteiger partial charge in [0, 0.05) is 11.5 Å². The zero-order valence-electron chi connectivity index (χ0n) is 8.53. The Kier molecular flexibility index (Phi) is 2.24. The molecule has 0 bridgehead atoms. The van der Waals surface area contributed by atoms with Crippen molar-refractivity contribution in [3.8, 4) is 0 Å². The third kappa shape index (κ3) is 1.39. The van der Waals surface area contributed by atoms with Crippen molar-refractivity contribution in [3.05, 3.63) is 41.5 Å². The second-order valence-electron chi connectivity index (χ2n) is 3.96. The average Bonchev–Trinajstić information content (AvgIpc) is 2.32. The van der Waals surface area contributed by atoms with E-state index in [0.29, 0.717) is 5.92 Å². The van der Waals surface area contributed by atoms with E-state index >= 15 is 0 Å². The van der Waals surface area contributed by atoms with Crippen molar-refractivity contribution < 1.29 is 4.79 Å². The maximum Gasteiger partial charge on any atom is 0.166 e. The topological polar surface area (TPSA) is 17.1 Å². The van der Waals surface area contributed by atoms with E-state index in [1.54, 1.807) is 0 Å². The predicted molar refractivity (Wildman–Crippen MR) is 58.1 cm³/mol. The smallest absolute Gasteiger partial charge is 0.166 e. The highest BCUT2D eigenvalue weighted by atomic mass is 16.1. The van der Waals surface area contributed by atoms with Crippen LogP contribution in [0.25, 0.3) is 6.08 Å². The van der Waals surface area contributed by atoms with Crippen molar-refractivity contribution in [1.29, 1.82) is 0 Å². The first-order chi connectivity index (χ1) is 6.70. The summed E-state index contributed by atoms with van der Waals surface area (Å²) < 4.78 is 0. The molecule has 1 nitrogen and oxygen atoms in total. The molecule has 0 saturated carbocycles. The number of hydrogen-bond donors (Lipinski definition) is 0. The lowest BCUT2D eigenvalue weighted by Crippen LogP contribution is -2.16. The van der Waals surface area contributed by atoms with Gasteiger partial charge >= 0.3 is 0 Å². The lowest BCUT2D eigenvalue weighted by molar-refractivity contribution is 0.0909. The molecular formula is C13H14O. The van der Waals surface area contributed by atoms with Gasteiger partial charge in [0.15, 0.2) is 5.78 Å². The van der Waals surface area contributed by atoms with Crippen LogP contribution in [0.5, 0.6) is 0 Å². The summed E-state index contributed by atoms with van der Waals surface area (Å²) in [4.78, 5) is 12.0. The number of carbonyl (C=O) groups is 1. The number of allylic oxidation sites excluding steroid dienone is 1. The van der Waals surface area contributed by atoms with Crippen LogP contribution >= 0.6 is 0 Å². The normalized spacial score (nSPS) is 25.7. The lowest BCUT2D eigenvalue weighted by Gasteiger charge is -2.12. The number of carbonyl (C=O) groups excluding carboxylic acids is 1. The van der Waals surface area contributed by atoms with Gasteiger partial charge in [-0.1, -0.05) is 50.3 Å². The maximum absolute atomic E-state index is 12.0. The Balaban J connectivity index is 2.55. The quantitative estimate of drug-likeness (QED) is 0.608. The van der Waals surface area contributed by atoms with Gasteiger partial charge in [-0.25, -0.2) is 0 Å². The molecule has 0 heterocycles. The summed E-state index contributed by atoms with van der Waals surface area (Å²) in [6.07, 6.45) is 4.18. The first kappa shape index (κ1) is 9.20. The van der Waals surface area contributed by atoms with E-state index < -0.39 is 0 Å². The van der Waals surface area contributed by atoms with E-state index in [4.69, 9.17) is 0 Å².